The maximum atomic E-state index is 12.2. The summed E-state index contributed by atoms with van der Waals surface area (Å²) in [6.45, 7) is 0.498. The van der Waals surface area contributed by atoms with Crippen molar-refractivity contribution in [2.24, 2.45) is 7.05 Å². The van der Waals surface area contributed by atoms with Crippen LogP contribution in [-0.4, -0.2) is 36.0 Å². The summed E-state index contributed by atoms with van der Waals surface area (Å²) in [6.07, 6.45) is 2.13. The van der Waals surface area contributed by atoms with Crippen LogP contribution < -0.4 is 5.32 Å². The summed E-state index contributed by atoms with van der Waals surface area (Å²) in [5, 5.41) is 4.16. The van der Waals surface area contributed by atoms with Gasteiger partial charge in [0.25, 0.3) is 5.91 Å². The highest BCUT2D eigenvalue weighted by molar-refractivity contribution is 9.10. The van der Waals surface area contributed by atoms with Crippen LogP contribution in [0.25, 0.3) is 10.9 Å². The topological polar surface area (TPSA) is 50.4 Å². The summed E-state index contributed by atoms with van der Waals surface area (Å²) in [5.41, 5.74) is 2.37. The van der Waals surface area contributed by atoms with Crippen molar-refractivity contribution in [3.8, 4) is 0 Å². The van der Waals surface area contributed by atoms with Gasteiger partial charge in [0.15, 0.2) is 10.4 Å². The second-order valence-corrected chi connectivity index (χ2v) is 6.79. The molecule has 0 spiro atoms. The number of amides is 1. The van der Waals surface area contributed by atoms with E-state index in [9.17, 15) is 4.79 Å². The molecule has 0 bridgehead atoms. The fourth-order valence-electron chi connectivity index (χ4n) is 2.92. The van der Waals surface area contributed by atoms with E-state index in [1.165, 1.54) is 16.5 Å². The first kappa shape index (κ1) is 16.8. The first-order valence-corrected chi connectivity index (χ1v) is 8.50. The van der Waals surface area contributed by atoms with E-state index in [0.717, 1.165) is 0 Å². The zero-order valence-corrected chi connectivity index (χ0v) is 15.5. The first-order chi connectivity index (χ1) is 11.5. The van der Waals surface area contributed by atoms with E-state index in [1.54, 1.807) is 12.1 Å². The van der Waals surface area contributed by atoms with Crippen LogP contribution in [0.5, 0.6) is 0 Å². The molecule has 0 unspecified atom stereocenters. The van der Waals surface area contributed by atoms with E-state index < -0.39 is 0 Å². The van der Waals surface area contributed by atoms with Crippen molar-refractivity contribution in [2.45, 2.75) is 6.04 Å². The van der Waals surface area contributed by atoms with E-state index in [1.807, 2.05) is 33.3 Å². The van der Waals surface area contributed by atoms with E-state index in [-0.39, 0.29) is 11.9 Å². The van der Waals surface area contributed by atoms with Crippen LogP contribution in [0.2, 0.25) is 0 Å². The van der Waals surface area contributed by atoms with Gasteiger partial charge < -0.3 is 19.2 Å². The number of nitrogens with one attached hydrogen (secondary N) is 1. The molecule has 24 heavy (non-hydrogen) atoms. The summed E-state index contributed by atoms with van der Waals surface area (Å²) >= 11 is 3.21. The SMILES string of the molecule is CN(C)[C@@H](CNC(=O)c1ccc(Br)o1)c1cn(C)c2ccccc12. The van der Waals surface area contributed by atoms with E-state index >= 15 is 0 Å². The third kappa shape index (κ3) is 3.25. The smallest absolute Gasteiger partial charge is 0.287 e. The fraction of sp³-hybridized carbons (Fsp3) is 0.278. The predicted molar refractivity (Wildman–Crippen MR) is 98.1 cm³/mol. The Bertz CT molecular complexity index is 866. The Morgan fingerprint density at radius 1 is 1.29 bits per heavy atom. The van der Waals surface area contributed by atoms with Crippen molar-refractivity contribution < 1.29 is 9.21 Å². The normalized spacial score (nSPS) is 12.7. The molecule has 0 saturated carbocycles. The highest BCUT2D eigenvalue weighted by Crippen LogP contribution is 2.28. The molecular weight excluding hydrogens is 370 g/mol. The average Bonchev–Trinajstić information content (AvgIpc) is 3.12. The Kier molecular flexibility index (Phi) is 4.78. The van der Waals surface area contributed by atoms with Gasteiger partial charge in [0.05, 0.1) is 6.04 Å². The lowest BCUT2D eigenvalue weighted by Gasteiger charge is -2.24. The molecule has 1 atom stereocenters. The largest absolute Gasteiger partial charge is 0.444 e. The van der Waals surface area contributed by atoms with Crippen molar-refractivity contribution in [3.63, 3.8) is 0 Å². The number of hydrogen-bond donors (Lipinski definition) is 1. The number of likely N-dealkylation sites (N-methyl/N-ethyl adjacent to an activating group) is 1. The van der Waals surface area contributed by atoms with E-state index in [2.05, 4.69) is 49.0 Å². The van der Waals surface area contributed by atoms with Crippen LogP contribution in [0, 0.1) is 0 Å². The third-order valence-electron chi connectivity index (χ3n) is 4.16. The molecular formula is C18H20BrN3O2. The highest BCUT2D eigenvalue weighted by Gasteiger charge is 2.21. The second-order valence-electron chi connectivity index (χ2n) is 6.01. The van der Waals surface area contributed by atoms with Crippen LogP contribution in [0.1, 0.15) is 22.2 Å². The maximum Gasteiger partial charge on any atom is 0.287 e. The number of furan rings is 1. The number of carbonyl (C=O) groups is 1. The molecule has 0 aliphatic heterocycles. The number of aromatic nitrogens is 1. The summed E-state index contributed by atoms with van der Waals surface area (Å²) in [7, 11) is 6.07. The molecule has 3 aromatic rings. The summed E-state index contributed by atoms with van der Waals surface area (Å²) in [5.74, 6) is 0.0880. The minimum atomic E-state index is -0.215. The number of halogens is 1. The Morgan fingerprint density at radius 2 is 2.04 bits per heavy atom. The number of rotatable bonds is 5. The number of fused-ring (bicyclic) bond motifs is 1. The third-order valence-corrected chi connectivity index (χ3v) is 4.59. The van der Waals surface area contributed by atoms with Crippen molar-refractivity contribution >= 4 is 32.7 Å². The fourth-order valence-corrected chi connectivity index (χ4v) is 3.23. The molecule has 0 aliphatic carbocycles. The van der Waals surface area contributed by atoms with Gasteiger partial charge in [-0.25, -0.2) is 0 Å². The zero-order valence-electron chi connectivity index (χ0n) is 13.9. The molecule has 2 heterocycles. The van der Waals surface area contributed by atoms with Gasteiger partial charge in [0, 0.05) is 30.7 Å². The maximum absolute atomic E-state index is 12.2. The molecule has 126 valence electrons. The van der Waals surface area contributed by atoms with Crippen molar-refractivity contribution in [3.05, 3.63) is 58.6 Å². The number of carbonyl (C=O) groups excluding carboxylic acids is 1. The van der Waals surface area contributed by atoms with Gasteiger partial charge in [-0.15, -0.1) is 0 Å². The van der Waals surface area contributed by atoms with Crippen molar-refractivity contribution in [2.75, 3.05) is 20.6 Å². The minimum absolute atomic E-state index is 0.0680. The lowest BCUT2D eigenvalue weighted by atomic mass is 10.0. The standard InChI is InChI=1S/C18H20BrN3O2/c1-21(2)15(10-20-18(23)16-8-9-17(19)24-16)13-11-22(3)14-7-5-4-6-12(13)14/h4-9,11,15H,10H2,1-3H3,(H,20,23)/t15-/m0/s1. The lowest BCUT2D eigenvalue weighted by Crippen LogP contribution is -2.34. The summed E-state index contributed by atoms with van der Waals surface area (Å²) in [4.78, 5) is 14.3. The van der Waals surface area contributed by atoms with Gasteiger partial charge >= 0.3 is 0 Å². The number of hydrogen-bond acceptors (Lipinski definition) is 3. The minimum Gasteiger partial charge on any atom is -0.444 e. The predicted octanol–water partition coefficient (Wildman–Crippen LogP) is 3.57. The van der Waals surface area contributed by atoms with E-state index in [4.69, 9.17) is 4.42 Å². The zero-order chi connectivity index (χ0) is 17.3. The molecule has 0 aliphatic rings. The van der Waals surface area contributed by atoms with Gasteiger partial charge in [0.1, 0.15) is 0 Å². The van der Waals surface area contributed by atoms with Crippen LogP contribution in [0.4, 0.5) is 0 Å². The number of para-hydroxylation sites is 1. The molecule has 0 fully saturated rings. The summed E-state index contributed by atoms with van der Waals surface area (Å²) in [6, 6.07) is 11.7. The molecule has 1 N–H and O–H groups in total. The monoisotopic (exact) mass is 389 g/mol. The Hall–Kier alpha value is -2.05. The van der Waals surface area contributed by atoms with Gasteiger partial charge in [-0.05, 0) is 53.8 Å². The Labute approximate surface area is 149 Å². The van der Waals surface area contributed by atoms with Crippen LogP contribution in [-0.2, 0) is 7.05 Å². The lowest BCUT2D eigenvalue weighted by molar-refractivity contribution is 0.0913. The van der Waals surface area contributed by atoms with Crippen LogP contribution >= 0.6 is 15.9 Å². The first-order valence-electron chi connectivity index (χ1n) is 7.71. The molecule has 1 aromatic carbocycles. The molecule has 5 nitrogen and oxygen atoms in total. The van der Waals surface area contributed by atoms with E-state index in [0.29, 0.717) is 17.0 Å². The Morgan fingerprint density at radius 3 is 2.71 bits per heavy atom. The number of aryl methyl sites for hydroxylation is 1. The quantitative estimate of drug-likeness (QED) is 0.725. The van der Waals surface area contributed by atoms with Gasteiger partial charge in [-0.1, -0.05) is 18.2 Å². The number of benzene rings is 1. The molecule has 6 heteroatoms. The molecule has 1 amide bonds. The molecule has 3 rings (SSSR count). The average molecular weight is 390 g/mol. The number of nitrogens with zero attached hydrogens (tertiary/aromatic N) is 2. The second kappa shape index (κ2) is 6.83. The summed E-state index contributed by atoms with van der Waals surface area (Å²) < 4.78 is 7.97. The van der Waals surface area contributed by atoms with Crippen molar-refractivity contribution in [1.29, 1.82) is 0 Å². The Balaban J connectivity index is 1.83. The van der Waals surface area contributed by atoms with Gasteiger partial charge in [-0.2, -0.15) is 0 Å². The van der Waals surface area contributed by atoms with Gasteiger partial charge in [-0.3, -0.25) is 4.79 Å². The molecule has 0 radical (unpaired) electrons. The van der Waals surface area contributed by atoms with Crippen LogP contribution in [0.15, 0.2) is 51.7 Å². The molecule has 2 aromatic heterocycles. The van der Waals surface area contributed by atoms with Gasteiger partial charge in [0.2, 0.25) is 0 Å². The van der Waals surface area contributed by atoms with Crippen LogP contribution in [0.3, 0.4) is 0 Å². The highest BCUT2D eigenvalue weighted by atomic mass is 79.9. The van der Waals surface area contributed by atoms with Crippen molar-refractivity contribution in [1.82, 2.24) is 14.8 Å². The molecule has 0 saturated heterocycles.